The van der Waals surface area contributed by atoms with Crippen molar-refractivity contribution in [1.29, 1.82) is 0 Å². The predicted octanol–water partition coefficient (Wildman–Crippen LogP) is 16.3. The van der Waals surface area contributed by atoms with Gasteiger partial charge in [-0.2, -0.15) is 0 Å². The summed E-state index contributed by atoms with van der Waals surface area (Å²) in [4.78, 5) is 26.2. The molecule has 3 N–H and O–H groups in total. The molecule has 1 amide bonds. The van der Waals surface area contributed by atoms with Crippen LogP contribution >= 0.6 is 0 Å². The highest BCUT2D eigenvalue weighted by Gasteiger charge is 2.24. The summed E-state index contributed by atoms with van der Waals surface area (Å²) in [5.41, 5.74) is 0. The Labute approximate surface area is 400 Å². The largest absolute Gasteiger partial charge is 0.462 e. The Morgan fingerprint density at radius 2 is 0.862 bits per heavy atom. The van der Waals surface area contributed by atoms with Gasteiger partial charge in [0.25, 0.3) is 0 Å². The molecule has 0 fully saturated rings. The van der Waals surface area contributed by atoms with Crippen molar-refractivity contribution in [2.75, 3.05) is 6.61 Å². The SMILES string of the molecule is CC/C=C/C=C/C=C/C=C\CCCCCCCC(=O)OC(CCCCC/C=C/C=C/C=C/C=C/C=C/CCC)CC(=O)NC(CO)C(O)CCCCCCCCCCCCCCCCC. The number of esters is 1. The van der Waals surface area contributed by atoms with Gasteiger partial charge in [-0.1, -0.05) is 259 Å². The van der Waals surface area contributed by atoms with Crippen LogP contribution in [0.4, 0.5) is 0 Å². The van der Waals surface area contributed by atoms with Crippen molar-refractivity contribution in [2.24, 2.45) is 0 Å². The number of rotatable bonds is 46. The Morgan fingerprint density at radius 3 is 1.34 bits per heavy atom. The molecule has 6 nitrogen and oxygen atoms in total. The van der Waals surface area contributed by atoms with Crippen molar-refractivity contribution >= 4 is 11.9 Å². The number of carbonyl (C=O) groups is 2. The number of unbranched alkanes of at least 4 members (excludes halogenated alkanes) is 23. The summed E-state index contributed by atoms with van der Waals surface area (Å²) >= 11 is 0. The first-order valence-corrected chi connectivity index (χ1v) is 26.7. The lowest BCUT2D eigenvalue weighted by atomic mass is 10.0. The molecule has 0 saturated heterocycles. The van der Waals surface area contributed by atoms with E-state index in [2.05, 4.69) is 80.8 Å². The molecule has 0 bridgehead atoms. The zero-order valence-corrected chi connectivity index (χ0v) is 42.1. The van der Waals surface area contributed by atoms with E-state index in [0.717, 1.165) is 103 Å². The van der Waals surface area contributed by atoms with Crippen molar-refractivity contribution in [3.8, 4) is 0 Å². The van der Waals surface area contributed by atoms with Crippen molar-refractivity contribution < 1.29 is 24.5 Å². The lowest BCUT2D eigenvalue weighted by Gasteiger charge is -2.24. The van der Waals surface area contributed by atoms with Gasteiger partial charge >= 0.3 is 5.97 Å². The standard InChI is InChI=1S/C59H99NO5/c1-4-7-10-13-16-19-22-25-28-31-32-35-38-41-44-47-50-55(65-59(64)52-49-46-43-40-37-34-30-27-24-21-18-15-12-9-6-3)53-58(63)60-56(54-61)57(62)51-48-45-42-39-36-33-29-26-23-20-17-14-11-8-5-2/h9-10,12-13,15-16,18-19,21-22,24-25,27-28,30-32,35,55-57,61-62H,4-8,11,14,17,20,23,26,29,33-34,36-54H2,1-3H3,(H,60,63)/b12-9+,13-10+,18-15+,19-16+,24-21+,25-22+,30-27-,31-28+,35-32+. The second-order valence-corrected chi connectivity index (χ2v) is 17.8. The number of hydrogen-bond acceptors (Lipinski definition) is 5. The molecule has 0 aromatic rings. The summed E-state index contributed by atoms with van der Waals surface area (Å²) in [7, 11) is 0. The second kappa shape index (κ2) is 51.5. The van der Waals surface area contributed by atoms with Crippen LogP contribution in [-0.2, 0) is 14.3 Å². The smallest absolute Gasteiger partial charge is 0.306 e. The number of hydrogen-bond donors (Lipinski definition) is 3. The molecule has 0 radical (unpaired) electrons. The van der Waals surface area contributed by atoms with E-state index in [9.17, 15) is 19.8 Å². The van der Waals surface area contributed by atoms with Gasteiger partial charge < -0.3 is 20.3 Å². The number of amides is 1. The lowest BCUT2D eigenvalue weighted by molar-refractivity contribution is -0.151. The van der Waals surface area contributed by atoms with E-state index in [-0.39, 0.29) is 24.9 Å². The minimum absolute atomic E-state index is 0.0330. The lowest BCUT2D eigenvalue weighted by Crippen LogP contribution is -2.46. The Kier molecular flexibility index (Phi) is 48.7. The summed E-state index contributed by atoms with van der Waals surface area (Å²) in [5, 5.41) is 23.8. The highest BCUT2D eigenvalue weighted by molar-refractivity contribution is 5.77. The monoisotopic (exact) mass is 902 g/mol. The Balaban J connectivity index is 4.73. The molecule has 370 valence electrons. The average Bonchev–Trinajstić information content (AvgIpc) is 3.30. The Bertz CT molecular complexity index is 1330. The normalized spacial score (nSPS) is 14.1. The zero-order valence-electron chi connectivity index (χ0n) is 42.1. The van der Waals surface area contributed by atoms with Gasteiger partial charge in [0.2, 0.25) is 5.91 Å². The number of aliphatic hydroxyl groups is 2. The van der Waals surface area contributed by atoms with Crippen LogP contribution in [0.25, 0.3) is 0 Å². The van der Waals surface area contributed by atoms with Gasteiger partial charge in [0.05, 0.1) is 25.2 Å². The van der Waals surface area contributed by atoms with Crippen molar-refractivity contribution in [2.45, 2.75) is 244 Å². The molecule has 0 saturated carbocycles. The number of ether oxygens (including phenoxy) is 1. The van der Waals surface area contributed by atoms with Crippen molar-refractivity contribution in [1.82, 2.24) is 5.32 Å². The molecule has 0 aromatic carbocycles. The van der Waals surface area contributed by atoms with Crippen LogP contribution in [0.15, 0.2) is 109 Å². The highest BCUT2D eigenvalue weighted by Crippen LogP contribution is 2.17. The summed E-state index contributed by atoms with van der Waals surface area (Å²) in [6.45, 7) is 6.24. The maximum Gasteiger partial charge on any atom is 0.306 e. The fourth-order valence-corrected chi connectivity index (χ4v) is 7.53. The fraction of sp³-hybridized carbons (Fsp3) is 0.661. The summed E-state index contributed by atoms with van der Waals surface area (Å²) in [5.74, 6) is -0.550. The van der Waals surface area contributed by atoms with Gasteiger partial charge in [-0.05, 0) is 64.2 Å². The summed E-state index contributed by atoms with van der Waals surface area (Å²) < 4.78 is 5.91. The predicted molar refractivity (Wildman–Crippen MR) is 282 cm³/mol. The first-order valence-electron chi connectivity index (χ1n) is 26.7. The second-order valence-electron chi connectivity index (χ2n) is 17.8. The van der Waals surface area contributed by atoms with E-state index in [1.54, 1.807) is 0 Å². The molecule has 6 heteroatoms. The third-order valence-corrected chi connectivity index (χ3v) is 11.5. The quantitative estimate of drug-likeness (QED) is 0.0321. The molecule has 0 aliphatic carbocycles. The van der Waals surface area contributed by atoms with E-state index >= 15 is 0 Å². The molecule has 0 aliphatic heterocycles. The molecule has 3 unspecified atom stereocenters. The number of carbonyl (C=O) groups excluding carboxylic acids is 2. The summed E-state index contributed by atoms with van der Waals surface area (Å²) in [6, 6.07) is -0.729. The van der Waals surface area contributed by atoms with Crippen molar-refractivity contribution in [3.05, 3.63) is 109 Å². The van der Waals surface area contributed by atoms with Crippen LogP contribution in [0.1, 0.15) is 226 Å². The first kappa shape index (κ1) is 61.5. The Morgan fingerprint density at radius 1 is 0.462 bits per heavy atom. The average molecular weight is 902 g/mol. The van der Waals surface area contributed by atoms with E-state index in [1.807, 2.05) is 54.7 Å². The molecule has 3 atom stereocenters. The van der Waals surface area contributed by atoms with E-state index in [0.29, 0.717) is 19.3 Å². The van der Waals surface area contributed by atoms with Crippen LogP contribution in [-0.4, -0.2) is 46.9 Å². The minimum Gasteiger partial charge on any atom is -0.462 e. The third kappa shape index (κ3) is 46.8. The third-order valence-electron chi connectivity index (χ3n) is 11.5. The molecular weight excluding hydrogens is 803 g/mol. The van der Waals surface area contributed by atoms with E-state index in [4.69, 9.17) is 4.74 Å². The van der Waals surface area contributed by atoms with E-state index < -0.39 is 18.2 Å². The molecule has 0 rings (SSSR count). The number of aliphatic hydroxyl groups excluding tert-OH is 2. The summed E-state index contributed by atoms with van der Waals surface area (Å²) in [6.07, 6.45) is 69.9. The maximum absolute atomic E-state index is 13.2. The minimum atomic E-state index is -0.811. The van der Waals surface area contributed by atoms with Gasteiger partial charge in [-0.25, -0.2) is 0 Å². The molecule has 0 spiro atoms. The molecule has 0 aliphatic rings. The molecular formula is C59H99NO5. The number of allylic oxidation sites excluding steroid dienone is 18. The van der Waals surface area contributed by atoms with Gasteiger partial charge in [-0.15, -0.1) is 0 Å². The fourth-order valence-electron chi connectivity index (χ4n) is 7.53. The van der Waals surface area contributed by atoms with Crippen LogP contribution in [0.2, 0.25) is 0 Å². The van der Waals surface area contributed by atoms with Gasteiger partial charge in [-0.3, -0.25) is 9.59 Å². The van der Waals surface area contributed by atoms with Gasteiger partial charge in [0, 0.05) is 6.42 Å². The van der Waals surface area contributed by atoms with Crippen LogP contribution in [0.5, 0.6) is 0 Å². The van der Waals surface area contributed by atoms with Crippen LogP contribution < -0.4 is 5.32 Å². The molecule has 0 heterocycles. The number of nitrogens with one attached hydrogen (secondary N) is 1. The molecule has 0 aromatic heterocycles. The molecule has 65 heavy (non-hydrogen) atoms. The zero-order chi connectivity index (χ0) is 47.4. The Hall–Kier alpha value is -3.48. The van der Waals surface area contributed by atoms with E-state index in [1.165, 1.54) is 77.0 Å². The maximum atomic E-state index is 13.2. The van der Waals surface area contributed by atoms with Gasteiger partial charge in [0.1, 0.15) is 6.10 Å². The van der Waals surface area contributed by atoms with Crippen LogP contribution in [0, 0.1) is 0 Å². The first-order chi connectivity index (χ1) is 32.0. The highest BCUT2D eigenvalue weighted by atomic mass is 16.5. The van der Waals surface area contributed by atoms with Crippen LogP contribution in [0.3, 0.4) is 0 Å². The topological polar surface area (TPSA) is 95.9 Å². The van der Waals surface area contributed by atoms with Gasteiger partial charge in [0.15, 0.2) is 0 Å². The van der Waals surface area contributed by atoms with Crippen molar-refractivity contribution in [3.63, 3.8) is 0 Å².